The van der Waals surface area contributed by atoms with E-state index in [4.69, 9.17) is 0 Å². The zero-order valence-electron chi connectivity index (χ0n) is 11.9. The van der Waals surface area contributed by atoms with Crippen molar-refractivity contribution >= 4 is 33.6 Å². The molecule has 3 heterocycles. The maximum Gasteiger partial charge on any atom is 0.256 e. The van der Waals surface area contributed by atoms with Gasteiger partial charge in [0, 0.05) is 9.75 Å². The minimum atomic E-state index is -0.0768. The van der Waals surface area contributed by atoms with E-state index in [1.807, 2.05) is 11.4 Å². The fraction of sp³-hybridized carbons (Fsp3) is 0.438. The lowest BCUT2D eigenvalue weighted by molar-refractivity contribution is 0.0935. The summed E-state index contributed by atoms with van der Waals surface area (Å²) in [5, 5.41) is 9.73. The van der Waals surface area contributed by atoms with Crippen molar-refractivity contribution in [3.8, 4) is 0 Å². The van der Waals surface area contributed by atoms with Gasteiger partial charge in [0.05, 0.1) is 5.56 Å². The first-order valence-corrected chi connectivity index (χ1v) is 9.21. The lowest BCUT2D eigenvalue weighted by Crippen LogP contribution is -2.37. The Bertz CT molecular complexity index is 675. The van der Waals surface area contributed by atoms with Gasteiger partial charge in [0.15, 0.2) is 0 Å². The maximum absolute atomic E-state index is 12.5. The van der Waals surface area contributed by atoms with Crippen LogP contribution in [0.25, 0.3) is 0 Å². The summed E-state index contributed by atoms with van der Waals surface area (Å²) >= 11 is 3.47. The van der Waals surface area contributed by atoms with Gasteiger partial charge in [-0.25, -0.2) is 0 Å². The summed E-state index contributed by atoms with van der Waals surface area (Å²) in [6, 6.07) is 4.09. The summed E-state index contributed by atoms with van der Waals surface area (Å²) in [7, 11) is 0. The standard InChI is InChI=1S/C16H18N2OS2/c1-2-9-5-6-10-12(8-9)21-16-13(10)15(19)17-14(18-16)11-4-3-7-20-11/h3-4,7,9,14,18H,2,5-6,8H2,1H3,(H,17,19). The van der Waals surface area contributed by atoms with Crippen LogP contribution in [-0.4, -0.2) is 5.91 Å². The monoisotopic (exact) mass is 318 g/mol. The Morgan fingerprint density at radius 1 is 1.38 bits per heavy atom. The van der Waals surface area contributed by atoms with Crippen molar-refractivity contribution in [1.29, 1.82) is 0 Å². The molecule has 21 heavy (non-hydrogen) atoms. The molecule has 2 atom stereocenters. The zero-order valence-corrected chi connectivity index (χ0v) is 13.6. The second kappa shape index (κ2) is 5.14. The van der Waals surface area contributed by atoms with Crippen LogP contribution in [0.1, 0.15) is 51.6 Å². The molecule has 110 valence electrons. The molecule has 0 spiro atoms. The Morgan fingerprint density at radius 2 is 2.29 bits per heavy atom. The molecule has 0 saturated heterocycles. The predicted molar refractivity (Wildman–Crippen MR) is 88.3 cm³/mol. The summed E-state index contributed by atoms with van der Waals surface area (Å²) in [5.74, 6) is 0.878. The van der Waals surface area contributed by atoms with Crippen molar-refractivity contribution < 1.29 is 4.79 Å². The van der Waals surface area contributed by atoms with Gasteiger partial charge in [0.1, 0.15) is 11.2 Å². The molecule has 2 unspecified atom stereocenters. The van der Waals surface area contributed by atoms with E-state index in [-0.39, 0.29) is 12.1 Å². The molecule has 0 saturated carbocycles. The second-order valence-electron chi connectivity index (χ2n) is 5.79. The van der Waals surface area contributed by atoms with Crippen LogP contribution in [-0.2, 0) is 12.8 Å². The molecular formula is C16H18N2OS2. The van der Waals surface area contributed by atoms with Gasteiger partial charge in [-0.1, -0.05) is 19.4 Å². The first kappa shape index (κ1) is 13.3. The quantitative estimate of drug-likeness (QED) is 0.872. The molecule has 2 aromatic heterocycles. The Hall–Kier alpha value is -1.33. The lowest BCUT2D eigenvalue weighted by Gasteiger charge is -2.26. The first-order chi connectivity index (χ1) is 10.3. The Morgan fingerprint density at radius 3 is 3.05 bits per heavy atom. The zero-order chi connectivity index (χ0) is 14.4. The van der Waals surface area contributed by atoms with E-state index in [2.05, 4.69) is 23.6 Å². The first-order valence-electron chi connectivity index (χ1n) is 7.51. The number of amides is 1. The minimum Gasteiger partial charge on any atom is -0.352 e. The molecule has 0 bridgehead atoms. The van der Waals surface area contributed by atoms with E-state index in [1.54, 1.807) is 22.7 Å². The Kier molecular flexibility index (Phi) is 3.27. The van der Waals surface area contributed by atoms with Crippen molar-refractivity contribution in [1.82, 2.24) is 5.32 Å². The molecule has 2 aromatic rings. The highest BCUT2D eigenvalue weighted by atomic mass is 32.1. The van der Waals surface area contributed by atoms with Crippen molar-refractivity contribution in [2.75, 3.05) is 5.32 Å². The predicted octanol–water partition coefficient (Wildman–Crippen LogP) is 4.18. The number of hydrogen-bond acceptors (Lipinski definition) is 4. The summed E-state index contributed by atoms with van der Waals surface area (Å²) in [5.41, 5.74) is 2.21. The van der Waals surface area contributed by atoms with Gasteiger partial charge in [-0.3, -0.25) is 4.79 Å². The van der Waals surface area contributed by atoms with E-state index in [0.717, 1.165) is 34.2 Å². The van der Waals surface area contributed by atoms with Crippen LogP contribution in [0, 0.1) is 5.92 Å². The van der Waals surface area contributed by atoms with Crippen molar-refractivity contribution in [3.63, 3.8) is 0 Å². The molecule has 1 aliphatic heterocycles. The second-order valence-corrected chi connectivity index (χ2v) is 7.88. The fourth-order valence-electron chi connectivity index (χ4n) is 3.31. The van der Waals surface area contributed by atoms with Gasteiger partial charge >= 0.3 is 0 Å². The molecule has 0 fully saturated rings. The molecule has 5 heteroatoms. The van der Waals surface area contributed by atoms with Crippen molar-refractivity contribution in [2.45, 2.75) is 38.8 Å². The SMILES string of the molecule is CCC1CCc2c(sc3c2C(=O)NC(c2cccs2)N3)C1. The molecule has 0 radical (unpaired) electrons. The Labute approximate surface area is 132 Å². The van der Waals surface area contributed by atoms with Crippen LogP contribution < -0.4 is 10.6 Å². The van der Waals surface area contributed by atoms with Gasteiger partial charge in [-0.2, -0.15) is 0 Å². The minimum absolute atomic E-state index is 0.0768. The van der Waals surface area contributed by atoms with Gasteiger partial charge in [-0.05, 0) is 42.2 Å². The summed E-state index contributed by atoms with van der Waals surface area (Å²) in [4.78, 5) is 15.1. The van der Waals surface area contributed by atoms with Crippen LogP contribution in [0.5, 0.6) is 0 Å². The molecule has 1 amide bonds. The van der Waals surface area contributed by atoms with E-state index < -0.39 is 0 Å². The van der Waals surface area contributed by atoms with Gasteiger partial charge in [-0.15, -0.1) is 22.7 Å². The van der Waals surface area contributed by atoms with Crippen molar-refractivity contribution in [2.24, 2.45) is 5.92 Å². The highest BCUT2D eigenvalue weighted by Gasteiger charge is 2.33. The number of carbonyl (C=O) groups excluding carboxylic acids is 1. The normalized spacial score (nSPS) is 24.0. The van der Waals surface area contributed by atoms with Gasteiger partial charge < -0.3 is 10.6 Å². The van der Waals surface area contributed by atoms with Crippen LogP contribution >= 0.6 is 22.7 Å². The van der Waals surface area contributed by atoms with Gasteiger partial charge in [0.2, 0.25) is 0 Å². The molecular weight excluding hydrogens is 300 g/mol. The van der Waals surface area contributed by atoms with E-state index in [9.17, 15) is 4.79 Å². The van der Waals surface area contributed by atoms with E-state index in [0.29, 0.717) is 0 Å². The third-order valence-electron chi connectivity index (χ3n) is 4.55. The average Bonchev–Trinajstić information content (AvgIpc) is 3.13. The Balaban J connectivity index is 1.69. The fourth-order valence-corrected chi connectivity index (χ4v) is 5.43. The molecule has 4 rings (SSSR count). The molecule has 2 aliphatic rings. The highest BCUT2D eigenvalue weighted by molar-refractivity contribution is 7.16. The smallest absolute Gasteiger partial charge is 0.256 e. The number of carbonyl (C=O) groups is 1. The van der Waals surface area contributed by atoms with Crippen LogP contribution in [0.4, 0.5) is 5.00 Å². The number of rotatable bonds is 2. The van der Waals surface area contributed by atoms with Crippen molar-refractivity contribution in [3.05, 3.63) is 38.4 Å². The molecule has 2 N–H and O–H groups in total. The van der Waals surface area contributed by atoms with Crippen LogP contribution in [0.2, 0.25) is 0 Å². The molecule has 3 nitrogen and oxygen atoms in total. The van der Waals surface area contributed by atoms with E-state index in [1.165, 1.54) is 23.3 Å². The summed E-state index contributed by atoms with van der Waals surface area (Å²) in [6.45, 7) is 2.26. The highest BCUT2D eigenvalue weighted by Crippen LogP contribution is 2.43. The number of hydrogen-bond donors (Lipinski definition) is 2. The lowest BCUT2D eigenvalue weighted by atomic mass is 9.85. The number of fused-ring (bicyclic) bond motifs is 3. The van der Waals surface area contributed by atoms with E-state index >= 15 is 0 Å². The number of nitrogens with one attached hydrogen (secondary N) is 2. The van der Waals surface area contributed by atoms with Crippen LogP contribution in [0.3, 0.4) is 0 Å². The van der Waals surface area contributed by atoms with Gasteiger partial charge in [0.25, 0.3) is 5.91 Å². The molecule has 1 aliphatic carbocycles. The largest absolute Gasteiger partial charge is 0.352 e. The number of anilines is 1. The number of thiophene rings is 2. The maximum atomic E-state index is 12.5. The topological polar surface area (TPSA) is 41.1 Å². The summed E-state index contributed by atoms with van der Waals surface area (Å²) in [6.07, 6.45) is 4.57. The third kappa shape index (κ3) is 2.19. The summed E-state index contributed by atoms with van der Waals surface area (Å²) < 4.78 is 0. The van der Waals surface area contributed by atoms with Crippen LogP contribution in [0.15, 0.2) is 17.5 Å². The third-order valence-corrected chi connectivity index (χ3v) is 6.67. The average molecular weight is 318 g/mol. The molecule has 0 aromatic carbocycles.